The minimum atomic E-state index is -0.343. The average molecular weight is 313 g/mol. The Morgan fingerprint density at radius 1 is 1.50 bits per heavy atom. The summed E-state index contributed by atoms with van der Waals surface area (Å²) in [6, 6.07) is 3.51. The first-order valence-electron chi connectivity index (χ1n) is 5.58. The molecule has 0 unspecified atom stereocenters. The fraction of sp³-hybridized carbons (Fsp3) is 0.333. The Morgan fingerprint density at radius 3 is 2.83 bits per heavy atom. The normalized spacial score (nSPS) is 19.6. The van der Waals surface area contributed by atoms with Gasteiger partial charge < -0.3 is 15.1 Å². The Bertz CT molecular complexity index is 495. The molecular formula is C12H13BrN2O3. The number of nitrogens with two attached hydrogens (primary N) is 1. The molecule has 1 aromatic rings. The molecule has 1 aromatic heterocycles. The Labute approximate surface area is 113 Å². The van der Waals surface area contributed by atoms with Gasteiger partial charge in [-0.15, -0.1) is 0 Å². The van der Waals surface area contributed by atoms with E-state index in [1.165, 1.54) is 6.08 Å². The minimum Gasteiger partial charge on any atom is -0.450 e. The van der Waals surface area contributed by atoms with Gasteiger partial charge in [-0.25, -0.2) is 0 Å². The maximum atomic E-state index is 11.8. The summed E-state index contributed by atoms with van der Waals surface area (Å²) in [6.45, 7) is 0.971. The van der Waals surface area contributed by atoms with Crippen molar-refractivity contribution in [2.45, 2.75) is 6.42 Å². The molecule has 0 saturated carbocycles. The quantitative estimate of drug-likeness (QED) is 0.857. The van der Waals surface area contributed by atoms with Crippen LogP contribution in [0.1, 0.15) is 12.2 Å². The van der Waals surface area contributed by atoms with Gasteiger partial charge >= 0.3 is 0 Å². The highest BCUT2D eigenvalue weighted by Crippen LogP contribution is 2.17. The number of carbonyl (C=O) groups excluding carboxylic acids is 2. The Kier molecular flexibility index (Phi) is 3.86. The van der Waals surface area contributed by atoms with Crippen LogP contribution < -0.4 is 5.73 Å². The van der Waals surface area contributed by atoms with E-state index in [0.717, 1.165) is 0 Å². The van der Waals surface area contributed by atoms with Crippen molar-refractivity contribution in [1.29, 1.82) is 0 Å². The summed E-state index contributed by atoms with van der Waals surface area (Å²) in [5.74, 6) is -0.100. The van der Waals surface area contributed by atoms with E-state index in [0.29, 0.717) is 29.9 Å². The summed E-state index contributed by atoms with van der Waals surface area (Å²) in [5, 5.41) is 0. The standard InChI is InChI=1S/C12H13BrN2O3/c13-10-3-1-9(18-10)2-4-11(16)15-6-5-8(7-15)12(14)17/h1-4,8H,5-7H2,(H2,14,17)/b4-2-/t8-/m1/s1. The summed E-state index contributed by atoms with van der Waals surface area (Å²) in [5.41, 5.74) is 5.21. The fourth-order valence-corrected chi connectivity index (χ4v) is 2.19. The zero-order valence-corrected chi connectivity index (χ0v) is 11.2. The van der Waals surface area contributed by atoms with Crippen molar-refractivity contribution in [1.82, 2.24) is 4.90 Å². The van der Waals surface area contributed by atoms with Crippen molar-refractivity contribution >= 4 is 33.8 Å². The molecule has 96 valence electrons. The summed E-state index contributed by atoms with van der Waals surface area (Å²) >= 11 is 3.18. The Hall–Kier alpha value is -1.56. The van der Waals surface area contributed by atoms with Crippen LogP contribution in [0.3, 0.4) is 0 Å². The molecular weight excluding hydrogens is 300 g/mol. The number of nitrogens with zero attached hydrogens (tertiary/aromatic N) is 1. The van der Waals surface area contributed by atoms with Crippen LogP contribution in [0.4, 0.5) is 0 Å². The lowest BCUT2D eigenvalue weighted by Gasteiger charge is -2.12. The Balaban J connectivity index is 1.93. The highest BCUT2D eigenvalue weighted by Gasteiger charge is 2.28. The van der Waals surface area contributed by atoms with Gasteiger partial charge in [0.1, 0.15) is 5.76 Å². The van der Waals surface area contributed by atoms with Gasteiger partial charge in [0.2, 0.25) is 11.8 Å². The molecule has 0 spiro atoms. The van der Waals surface area contributed by atoms with Crippen LogP contribution in [-0.4, -0.2) is 29.8 Å². The number of carbonyl (C=O) groups is 2. The van der Waals surface area contributed by atoms with E-state index in [-0.39, 0.29) is 17.7 Å². The summed E-state index contributed by atoms with van der Waals surface area (Å²) in [6.07, 6.45) is 3.68. The third-order valence-corrected chi connectivity index (χ3v) is 3.31. The van der Waals surface area contributed by atoms with Crippen LogP contribution >= 0.6 is 15.9 Å². The first-order chi connectivity index (χ1) is 8.56. The maximum Gasteiger partial charge on any atom is 0.246 e. The smallest absolute Gasteiger partial charge is 0.246 e. The number of halogens is 1. The lowest BCUT2D eigenvalue weighted by molar-refractivity contribution is -0.125. The highest BCUT2D eigenvalue weighted by atomic mass is 79.9. The molecule has 0 aromatic carbocycles. The number of hydrogen-bond acceptors (Lipinski definition) is 3. The van der Waals surface area contributed by atoms with Gasteiger partial charge in [0, 0.05) is 19.2 Å². The highest BCUT2D eigenvalue weighted by molar-refractivity contribution is 9.10. The van der Waals surface area contributed by atoms with E-state index < -0.39 is 0 Å². The van der Waals surface area contributed by atoms with Crippen molar-refractivity contribution in [2.24, 2.45) is 11.7 Å². The molecule has 0 radical (unpaired) electrons. The van der Waals surface area contributed by atoms with Gasteiger partial charge in [-0.2, -0.15) is 0 Å². The molecule has 1 aliphatic heterocycles. The SMILES string of the molecule is NC(=O)[C@@H]1CCN(C(=O)/C=C\c2ccc(Br)o2)C1. The third-order valence-electron chi connectivity index (χ3n) is 2.89. The van der Waals surface area contributed by atoms with Crippen molar-refractivity contribution in [3.05, 3.63) is 28.6 Å². The second-order valence-corrected chi connectivity index (χ2v) is 4.93. The van der Waals surface area contributed by atoms with E-state index in [4.69, 9.17) is 10.2 Å². The predicted octanol–water partition coefficient (Wildman–Crippen LogP) is 1.39. The van der Waals surface area contributed by atoms with E-state index >= 15 is 0 Å². The molecule has 2 N–H and O–H groups in total. The van der Waals surface area contributed by atoms with Crippen LogP contribution in [0, 0.1) is 5.92 Å². The summed E-state index contributed by atoms with van der Waals surface area (Å²) in [4.78, 5) is 24.4. The first-order valence-corrected chi connectivity index (χ1v) is 6.37. The van der Waals surface area contributed by atoms with Crippen molar-refractivity contribution in [2.75, 3.05) is 13.1 Å². The van der Waals surface area contributed by atoms with Crippen molar-refractivity contribution in [3.63, 3.8) is 0 Å². The van der Waals surface area contributed by atoms with E-state index in [1.807, 2.05) is 0 Å². The second-order valence-electron chi connectivity index (χ2n) is 4.15. The molecule has 5 nitrogen and oxygen atoms in total. The van der Waals surface area contributed by atoms with Gasteiger partial charge in [0.05, 0.1) is 5.92 Å². The largest absolute Gasteiger partial charge is 0.450 e. The summed E-state index contributed by atoms with van der Waals surface area (Å²) < 4.78 is 5.86. The zero-order valence-electron chi connectivity index (χ0n) is 9.64. The van der Waals surface area contributed by atoms with Gasteiger partial charge in [-0.3, -0.25) is 9.59 Å². The molecule has 18 heavy (non-hydrogen) atoms. The predicted molar refractivity (Wildman–Crippen MR) is 69.3 cm³/mol. The number of primary amides is 1. The second kappa shape index (κ2) is 5.39. The van der Waals surface area contributed by atoms with Gasteiger partial charge in [0.25, 0.3) is 0 Å². The van der Waals surface area contributed by atoms with Gasteiger partial charge in [-0.1, -0.05) is 0 Å². The third kappa shape index (κ3) is 3.01. The summed E-state index contributed by atoms with van der Waals surface area (Å²) in [7, 11) is 0. The molecule has 1 aliphatic rings. The lowest BCUT2D eigenvalue weighted by atomic mass is 10.1. The van der Waals surface area contributed by atoms with Gasteiger partial charge in [0.15, 0.2) is 4.67 Å². The fourth-order valence-electron chi connectivity index (χ4n) is 1.87. The number of furan rings is 1. The average Bonchev–Trinajstić information content (AvgIpc) is 2.94. The van der Waals surface area contributed by atoms with Crippen LogP contribution in [0.5, 0.6) is 0 Å². The molecule has 2 heterocycles. The van der Waals surface area contributed by atoms with Crippen LogP contribution in [-0.2, 0) is 9.59 Å². The van der Waals surface area contributed by atoms with Crippen molar-refractivity contribution in [3.8, 4) is 0 Å². The molecule has 1 saturated heterocycles. The van der Waals surface area contributed by atoms with E-state index in [2.05, 4.69) is 15.9 Å². The topological polar surface area (TPSA) is 76.5 Å². The molecule has 0 aliphatic carbocycles. The van der Waals surface area contributed by atoms with E-state index in [9.17, 15) is 9.59 Å². The first kappa shape index (κ1) is 12.9. The maximum absolute atomic E-state index is 11.8. The molecule has 1 fully saturated rings. The van der Waals surface area contributed by atoms with Gasteiger partial charge in [-0.05, 0) is 40.6 Å². The number of likely N-dealkylation sites (tertiary alicyclic amines) is 1. The van der Waals surface area contributed by atoms with Crippen molar-refractivity contribution < 1.29 is 14.0 Å². The molecule has 6 heteroatoms. The molecule has 2 amide bonds. The molecule has 1 atom stereocenters. The van der Waals surface area contributed by atoms with Crippen LogP contribution in [0.2, 0.25) is 0 Å². The Morgan fingerprint density at radius 2 is 2.28 bits per heavy atom. The van der Waals surface area contributed by atoms with Crippen LogP contribution in [0.25, 0.3) is 6.08 Å². The molecule has 2 rings (SSSR count). The molecule has 0 bridgehead atoms. The van der Waals surface area contributed by atoms with E-state index in [1.54, 1.807) is 23.1 Å². The monoisotopic (exact) mass is 312 g/mol. The lowest BCUT2D eigenvalue weighted by Crippen LogP contribution is -2.30. The van der Waals surface area contributed by atoms with Crippen LogP contribution in [0.15, 0.2) is 27.3 Å². The number of amides is 2. The number of hydrogen-bond donors (Lipinski definition) is 1. The number of rotatable bonds is 3. The zero-order chi connectivity index (χ0) is 13.1. The minimum absolute atomic E-state index is 0.133.